The van der Waals surface area contributed by atoms with Crippen molar-refractivity contribution in [3.05, 3.63) is 33.4 Å². The zero-order valence-electron chi connectivity index (χ0n) is 16.1. The van der Waals surface area contributed by atoms with Crippen molar-refractivity contribution in [1.82, 2.24) is 0 Å². The van der Waals surface area contributed by atoms with Gasteiger partial charge in [-0.05, 0) is 52.9 Å². The molecule has 0 aromatic carbocycles. The molecular formula is C21H34. The van der Waals surface area contributed by atoms with Crippen LogP contribution in [-0.4, -0.2) is 0 Å². The lowest BCUT2D eigenvalue weighted by atomic mass is 9.45. The Morgan fingerprint density at radius 1 is 0.619 bits per heavy atom. The lowest BCUT2D eigenvalue weighted by molar-refractivity contribution is 0.174. The smallest absolute Gasteiger partial charge is 0.0181 e. The standard InChI is InChI=1S/C21H34/c1-12-13(2)19(8,9)21(11)17(6)15(4)20(10,14(12)3)16(5)18(21)7/h14H,1-11H3/b13-12-. The van der Waals surface area contributed by atoms with E-state index in [1.54, 1.807) is 33.4 Å². The molecule has 0 fully saturated rings. The summed E-state index contributed by atoms with van der Waals surface area (Å²) >= 11 is 0. The van der Waals surface area contributed by atoms with Gasteiger partial charge in [-0.1, -0.05) is 68.1 Å². The topological polar surface area (TPSA) is 0 Å². The maximum atomic E-state index is 2.47. The molecule has 118 valence electrons. The zero-order valence-corrected chi connectivity index (χ0v) is 16.1. The third-order valence-electron chi connectivity index (χ3n) is 8.48. The molecule has 21 heavy (non-hydrogen) atoms. The van der Waals surface area contributed by atoms with Crippen LogP contribution >= 0.6 is 0 Å². The molecule has 0 spiro atoms. The molecule has 1 unspecified atom stereocenters. The van der Waals surface area contributed by atoms with E-state index in [4.69, 9.17) is 0 Å². The van der Waals surface area contributed by atoms with Gasteiger partial charge in [0, 0.05) is 10.8 Å². The molecule has 0 nitrogen and oxygen atoms in total. The second-order valence-corrected chi connectivity index (χ2v) is 8.48. The molecule has 0 N–H and O–H groups in total. The molecule has 2 bridgehead atoms. The highest BCUT2D eigenvalue weighted by atomic mass is 14.6. The Bertz CT molecular complexity index is 564. The van der Waals surface area contributed by atoms with Gasteiger partial charge in [-0.15, -0.1) is 0 Å². The number of allylic oxidation sites excluding steroid dienone is 6. The molecule has 0 saturated heterocycles. The van der Waals surface area contributed by atoms with Crippen LogP contribution < -0.4 is 0 Å². The Balaban J connectivity index is 3.02. The molecule has 3 aliphatic carbocycles. The normalized spacial score (nSPS) is 43.3. The minimum atomic E-state index is 0.131. The molecule has 0 heterocycles. The van der Waals surface area contributed by atoms with Gasteiger partial charge >= 0.3 is 0 Å². The van der Waals surface area contributed by atoms with Crippen molar-refractivity contribution in [2.75, 3.05) is 0 Å². The molecule has 0 amide bonds. The van der Waals surface area contributed by atoms with Crippen molar-refractivity contribution in [2.24, 2.45) is 22.2 Å². The average molecular weight is 287 g/mol. The summed E-state index contributed by atoms with van der Waals surface area (Å²) in [7, 11) is 0. The highest BCUT2D eigenvalue weighted by Gasteiger charge is 2.55. The first-order valence-electron chi connectivity index (χ1n) is 8.40. The summed E-state index contributed by atoms with van der Waals surface area (Å²) in [6.45, 7) is 26.5. The van der Waals surface area contributed by atoms with Crippen molar-refractivity contribution in [3.63, 3.8) is 0 Å². The number of hydrogen-bond acceptors (Lipinski definition) is 0. The van der Waals surface area contributed by atoms with Gasteiger partial charge in [-0.2, -0.15) is 0 Å². The summed E-state index contributed by atoms with van der Waals surface area (Å²) in [6.07, 6.45) is 0. The van der Waals surface area contributed by atoms with Gasteiger partial charge in [0.1, 0.15) is 0 Å². The van der Waals surface area contributed by atoms with E-state index in [1.807, 2.05) is 0 Å². The lowest BCUT2D eigenvalue weighted by Crippen LogP contribution is -2.48. The molecule has 0 aromatic heterocycles. The number of hydrogen-bond donors (Lipinski definition) is 0. The third-order valence-corrected chi connectivity index (χ3v) is 8.48. The fourth-order valence-electron chi connectivity index (χ4n) is 5.30. The Hall–Kier alpha value is -0.780. The maximum absolute atomic E-state index is 2.47. The third kappa shape index (κ3) is 1.57. The van der Waals surface area contributed by atoms with Crippen LogP contribution in [0.5, 0.6) is 0 Å². The van der Waals surface area contributed by atoms with Gasteiger partial charge in [0.2, 0.25) is 0 Å². The van der Waals surface area contributed by atoms with Crippen LogP contribution in [0.15, 0.2) is 33.4 Å². The largest absolute Gasteiger partial charge is 0.0698 e. The van der Waals surface area contributed by atoms with Gasteiger partial charge in [-0.25, -0.2) is 0 Å². The van der Waals surface area contributed by atoms with Crippen molar-refractivity contribution in [1.29, 1.82) is 0 Å². The predicted octanol–water partition coefficient (Wildman–Crippen LogP) is 6.70. The second kappa shape index (κ2) is 4.37. The van der Waals surface area contributed by atoms with Gasteiger partial charge < -0.3 is 0 Å². The molecule has 0 radical (unpaired) electrons. The summed E-state index contributed by atoms with van der Waals surface area (Å²) in [5.41, 5.74) is 10.0. The van der Waals surface area contributed by atoms with Crippen molar-refractivity contribution in [2.45, 2.75) is 76.2 Å². The summed E-state index contributed by atoms with van der Waals surface area (Å²) in [6, 6.07) is 0. The molecule has 0 aliphatic heterocycles. The molecular weight excluding hydrogens is 252 g/mol. The SMILES string of the molecule is CC1=C(C)C2(C)C(C)=C(C)C1(C)C(C)/C(C)=C(/C)C2(C)C. The van der Waals surface area contributed by atoms with Gasteiger partial charge in [0.05, 0.1) is 0 Å². The van der Waals surface area contributed by atoms with Crippen LogP contribution in [0, 0.1) is 22.2 Å². The lowest BCUT2D eigenvalue weighted by Gasteiger charge is -2.58. The monoisotopic (exact) mass is 286 g/mol. The second-order valence-electron chi connectivity index (χ2n) is 8.48. The van der Waals surface area contributed by atoms with Crippen LogP contribution in [0.25, 0.3) is 0 Å². The van der Waals surface area contributed by atoms with E-state index < -0.39 is 0 Å². The van der Waals surface area contributed by atoms with E-state index >= 15 is 0 Å². The Morgan fingerprint density at radius 3 is 1.38 bits per heavy atom. The van der Waals surface area contributed by atoms with E-state index in [0.717, 1.165) is 0 Å². The number of fused-ring (bicyclic) bond motifs is 2. The Kier molecular flexibility index (Phi) is 3.45. The van der Waals surface area contributed by atoms with Crippen molar-refractivity contribution < 1.29 is 0 Å². The maximum Gasteiger partial charge on any atom is 0.0181 e. The summed E-state index contributed by atoms with van der Waals surface area (Å²) in [5.74, 6) is 0.562. The zero-order chi connectivity index (χ0) is 16.5. The minimum Gasteiger partial charge on any atom is -0.0698 e. The predicted molar refractivity (Wildman–Crippen MR) is 94.3 cm³/mol. The Labute approximate surface area is 132 Å². The van der Waals surface area contributed by atoms with Gasteiger partial charge in [0.25, 0.3) is 0 Å². The van der Waals surface area contributed by atoms with Crippen LogP contribution in [0.2, 0.25) is 0 Å². The molecule has 0 aromatic rings. The van der Waals surface area contributed by atoms with E-state index in [-0.39, 0.29) is 16.2 Å². The first-order valence-corrected chi connectivity index (χ1v) is 8.40. The molecule has 3 aliphatic rings. The molecule has 0 saturated carbocycles. The van der Waals surface area contributed by atoms with E-state index in [1.165, 1.54) is 0 Å². The molecule has 3 rings (SSSR count). The quantitative estimate of drug-likeness (QED) is 0.435. The fraction of sp³-hybridized carbons (Fsp3) is 0.714. The average Bonchev–Trinajstić information content (AvgIpc) is 2.45. The van der Waals surface area contributed by atoms with Gasteiger partial charge in [0.15, 0.2) is 0 Å². The van der Waals surface area contributed by atoms with Crippen LogP contribution in [0.1, 0.15) is 76.2 Å². The van der Waals surface area contributed by atoms with E-state index in [2.05, 4.69) is 76.2 Å². The highest BCUT2D eigenvalue weighted by molar-refractivity contribution is 5.52. The van der Waals surface area contributed by atoms with Gasteiger partial charge in [-0.3, -0.25) is 0 Å². The van der Waals surface area contributed by atoms with Crippen molar-refractivity contribution in [3.8, 4) is 0 Å². The summed E-state index contributed by atoms with van der Waals surface area (Å²) in [4.78, 5) is 0. The highest BCUT2D eigenvalue weighted by Crippen LogP contribution is 2.65. The summed E-state index contributed by atoms with van der Waals surface area (Å²) < 4.78 is 0. The first-order chi connectivity index (χ1) is 9.36. The Morgan fingerprint density at radius 2 is 1.00 bits per heavy atom. The first kappa shape index (κ1) is 16.6. The molecule has 1 atom stereocenters. The van der Waals surface area contributed by atoms with E-state index in [9.17, 15) is 0 Å². The van der Waals surface area contributed by atoms with Crippen LogP contribution in [-0.2, 0) is 0 Å². The van der Waals surface area contributed by atoms with Crippen LogP contribution in [0.3, 0.4) is 0 Å². The fourth-order valence-corrected chi connectivity index (χ4v) is 5.30. The van der Waals surface area contributed by atoms with E-state index in [0.29, 0.717) is 5.92 Å². The number of rotatable bonds is 0. The van der Waals surface area contributed by atoms with Crippen LogP contribution in [0.4, 0.5) is 0 Å². The molecule has 0 heteroatoms. The van der Waals surface area contributed by atoms with Crippen molar-refractivity contribution >= 4 is 0 Å². The minimum absolute atomic E-state index is 0.131. The summed E-state index contributed by atoms with van der Waals surface area (Å²) in [5, 5.41) is 0.